The number of aliphatic carboxylic acids is 1. The van der Waals surface area contributed by atoms with Crippen LogP contribution in [-0.4, -0.2) is 81.7 Å². The molecule has 30 heavy (non-hydrogen) atoms. The number of carbonyl (C=O) groups is 4. The lowest BCUT2D eigenvalue weighted by Crippen LogP contribution is -2.52. The zero-order valence-electron chi connectivity index (χ0n) is 16.4. The van der Waals surface area contributed by atoms with E-state index in [9.17, 15) is 29.4 Å². The second-order valence-corrected chi connectivity index (χ2v) is 7.39. The number of β-amino-alcohol motifs (C(OH)–C–C–N with tert-alkyl or cyclic N) is 1. The Labute approximate surface area is 173 Å². The Morgan fingerprint density at radius 1 is 1.10 bits per heavy atom. The van der Waals surface area contributed by atoms with Crippen LogP contribution >= 0.6 is 0 Å². The molecule has 162 valence electrons. The van der Waals surface area contributed by atoms with Crippen LogP contribution in [-0.2, 0) is 25.7 Å². The quantitative estimate of drug-likeness (QED) is 0.588. The maximum atomic E-state index is 12.9. The van der Waals surface area contributed by atoms with Crippen molar-refractivity contribution in [2.75, 3.05) is 19.6 Å². The van der Waals surface area contributed by atoms with Crippen molar-refractivity contribution >= 4 is 23.9 Å². The van der Waals surface area contributed by atoms with Gasteiger partial charge in [-0.2, -0.15) is 0 Å². The van der Waals surface area contributed by atoms with E-state index in [0.717, 1.165) is 10.5 Å². The Kier molecular flexibility index (Phi) is 6.88. The minimum absolute atomic E-state index is 0.0312. The van der Waals surface area contributed by atoms with Gasteiger partial charge in [-0.1, -0.05) is 30.3 Å². The first kappa shape index (κ1) is 21.6. The van der Waals surface area contributed by atoms with Gasteiger partial charge in [-0.05, 0) is 18.4 Å². The SMILES string of the molecule is O=C(NCC(=O)N1CCC[C@H]1C(=O)N1C[C@H](O)C[C@H]1C(=O)O)OCc1ccccc1. The summed E-state index contributed by atoms with van der Waals surface area (Å²) in [5.41, 5.74) is 0.810. The maximum Gasteiger partial charge on any atom is 0.407 e. The molecule has 2 aliphatic rings. The lowest BCUT2D eigenvalue weighted by atomic mass is 10.1. The van der Waals surface area contributed by atoms with E-state index in [0.29, 0.717) is 19.4 Å². The first-order valence-corrected chi connectivity index (χ1v) is 9.82. The number of aliphatic hydroxyl groups is 1. The van der Waals surface area contributed by atoms with Gasteiger partial charge in [0.15, 0.2) is 0 Å². The summed E-state index contributed by atoms with van der Waals surface area (Å²) in [4.78, 5) is 51.1. The number of ether oxygens (including phenoxy) is 1. The van der Waals surface area contributed by atoms with Crippen LogP contribution in [0.15, 0.2) is 30.3 Å². The van der Waals surface area contributed by atoms with E-state index in [1.165, 1.54) is 4.90 Å². The van der Waals surface area contributed by atoms with Crippen molar-refractivity contribution in [3.05, 3.63) is 35.9 Å². The van der Waals surface area contributed by atoms with Gasteiger partial charge in [0.1, 0.15) is 25.2 Å². The van der Waals surface area contributed by atoms with Gasteiger partial charge in [0.05, 0.1) is 6.10 Å². The molecule has 0 spiro atoms. The van der Waals surface area contributed by atoms with Crippen molar-refractivity contribution in [1.82, 2.24) is 15.1 Å². The predicted molar refractivity (Wildman–Crippen MR) is 103 cm³/mol. The highest BCUT2D eigenvalue weighted by Gasteiger charge is 2.44. The van der Waals surface area contributed by atoms with Crippen LogP contribution in [0.5, 0.6) is 0 Å². The van der Waals surface area contributed by atoms with Crippen molar-refractivity contribution in [2.24, 2.45) is 0 Å². The van der Waals surface area contributed by atoms with E-state index in [4.69, 9.17) is 4.74 Å². The third-order valence-corrected chi connectivity index (χ3v) is 5.30. The summed E-state index contributed by atoms with van der Waals surface area (Å²) >= 11 is 0. The molecule has 10 nitrogen and oxygen atoms in total. The molecule has 0 radical (unpaired) electrons. The number of benzene rings is 1. The topological polar surface area (TPSA) is 136 Å². The molecule has 0 bridgehead atoms. The summed E-state index contributed by atoms with van der Waals surface area (Å²) in [6.07, 6.45) is -0.683. The van der Waals surface area contributed by atoms with E-state index < -0.39 is 42.1 Å². The summed E-state index contributed by atoms with van der Waals surface area (Å²) in [5.74, 6) is -2.12. The van der Waals surface area contributed by atoms with Crippen molar-refractivity contribution in [3.8, 4) is 0 Å². The molecule has 2 fully saturated rings. The number of amides is 3. The van der Waals surface area contributed by atoms with E-state index in [-0.39, 0.29) is 26.1 Å². The Hall–Kier alpha value is -3.14. The van der Waals surface area contributed by atoms with Crippen LogP contribution in [0, 0.1) is 0 Å². The molecular weight excluding hydrogens is 394 g/mol. The molecule has 3 atom stereocenters. The number of likely N-dealkylation sites (tertiary alicyclic amines) is 2. The van der Waals surface area contributed by atoms with Gasteiger partial charge >= 0.3 is 12.1 Å². The highest BCUT2D eigenvalue weighted by Crippen LogP contribution is 2.25. The Morgan fingerprint density at radius 3 is 2.53 bits per heavy atom. The first-order valence-electron chi connectivity index (χ1n) is 9.82. The molecule has 10 heteroatoms. The van der Waals surface area contributed by atoms with E-state index in [1.807, 2.05) is 18.2 Å². The standard InChI is InChI=1S/C20H25N3O7/c24-14-9-16(19(27)28)23(11-14)18(26)15-7-4-8-22(15)17(25)10-21-20(29)30-12-13-5-2-1-3-6-13/h1-3,5-6,14-16,24H,4,7-12H2,(H,21,29)(H,27,28)/t14-,15+,16+/m1/s1. The number of alkyl carbamates (subject to hydrolysis) is 1. The van der Waals surface area contributed by atoms with E-state index in [1.54, 1.807) is 12.1 Å². The first-order chi connectivity index (χ1) is 14.4. The van der Waals surface area contributed by atoms with E-state index in [2.05, 4.69) is 5.32 Å². The fraction of sp³-hybridized carbons (Fsp3) is 0.500. The summed E-state index contributed by atoms with van der Waals surface area (Å²) < 4.78 is 5.06. The van der Waals surface area contributed by atoms with Gasteiger partial charge in [-0.3, -0.25) is 9.59 Å². The number of nitrogens with one attached hydrogen (secondary N) is 1. The summed E-state index contributed by atoms with van der Waals surface area (Å²) in [5, 5.41) is 21.4. The summed E-state index contributed by atoms with van der Waals surface area (Å²) in [6, 6.07) is 7.19. The summed E-state index contributed by atoms with van der Waals surface area (Å²) in [6.45, 7) is 0.00441. The average Bonchev–Trinajstić information content (AvgIpc) is 3.37. The number of carboxylic acids is 1. The van der Waals surface area contributed by atoms with Crippen LogP contribution in [0.4, 0.5) is 4.79 Å². The number of carboxylic acid groups (broad SMARTS) is 1. The second-order valence-electron chi connectivity index (χ2n) is 7.39. The average molecular weight is 419 g/mol. The third kappa shape index (κ3) is 5.07. The molecule has 1 aromatic carbocycles. The lowest BCUT2D eigenvalue weighted by Gasteiger charge is -2.30. The van der Waals surface area contributed by atoms with Gasteiger partial charge < -0.3 is 30.1 Å². The molecule has 0 saturated carbocycles. The van der Waals surface area contributed by atoms with Crippen molar-refractivity contribution in [2.45, 2.75) is 44.1 Å². The van der Waals surface area contributed by atoms with Gasteiger partial charge in [0.25, 0.3) is 0 Å². The lowest BCUT2D eigenvalue weighted by molar-refractivity contribution is -0.151. The molecule has 3 N–H and O–H groups in total. The third-order valence-electron chi connectivity index (χ3n) is 5.30. The minimum atomic E-state index is -1.18. The van der Waals surface area contributed by atoms with Gasteiger partial charge in [0, 0.05) is 19.5 Å². The highest BCUT2D eigenvalue weighted by atomic mass is 16.5. The van der Waals surface area contributed by atoms with Crippen LogP contribution in [0.1, 0.15) is 24.8 Å². The Bertz CT molecular complexity index is 801. The number of carbonyl (C=O) groups excluding carboxylic acids is 3. The Balaban J connectivity index is 1.52. The number of aliphatic hydroxyl groups excluding tert-OH is 1. The number of hydrogen-bond donors (Lipinski definition) is 3. The molecule has 2 saturated heterocycles. The molecule has 2 heterocycles. The summed E-state index contributed by atoms with van der Waals surface area (Å²) in [7, 11) is 0. The zero-order valence-corrected chi connectivity index (χ0v) is 16.4. The largest absolute Gasteiger partial charge is 0.480 e. The van der Waals surface area contributed by atoms with Crippen molar-refractivity contribution < 1.29 is 34.1 Å². The van der Waals surface area contributed by atoms with Crippen molar-refractivity contribution in [3.63, 3.8) is 0 Å². The van der Waals surface area contributed by atoms with Crippen LogP contribution in [0.25, 0.3) is 0 Å². The highest BCUT2D eigenvalue weighted by molar-refractivity contribution is 5.92. The van der Waals surface area contributed by atoms with Crippen molar-refractivity contribution in [1.29, 1.82) is 0 Å². The molecule has 3 amide bonds. The van der Waals surface area contributed by atoms with E-state index >= 15 is 0 Å². The van der Waals surface area contributed by atoms with Crippen LogP contribution in [0.2, 0.25) is 0 Å². The molecule has 0 aromatic heterocycles. The molecule has 0 unspecified atom stereocenters. The fourth-order valence-corrected chi connectivity index (χ4v) is 3.83. The number of hydrogen-bond acceptors (Lipinski definition) is 6. The Morgan fingerprint density at radius 2 is 1.83 bits per heavy atom. The molecular formula is C20H25N3O7. The number of rotatable bonds is 6. The smallest absolute Gasteiger partial charge is 0.407 e. The normalized spacial score (nSPS) is 23.3. The zero-order chi connectivity index (χ0) is 21.7. The predicted octanol–water partition coefficient (Wildman–Crippen LogP) is -0.0498. The van der Waals surface area contributed by atoms with Gasteiger partial charge in [-0.25, -0.2) is 9.59 Å². The maximum absolute atomic E-state index is 12.9. The van der Waals surface area contributed by atoms with Crippen LogP contribution in [0.3, 0.4) is 0 Å². The second kappa shape index (κ2) is 9.57. The minimum Gasteiger partial charge on any atom is -0.480 e. The fourth-order valence-electron chi connectivity index (χ4n) is 3.83. The van der Waals surface area contributed by atoms with Gasteiger partial charge in [0.2, 0.25) is 11.8 Å². The van der Waals surface area contributed by atoms with Crippen LogP contribution < -0.4 is 5.32 Å². The van der Waals surface area contributed by atoms with Gasteiger partial charge in [-0.15, -0.1) is 0 Å². The monoisotopic (exact) mass is 419 g/mol. The molecule has 2 aliphatic heterocycles. The number of nitrogens with zero attached hydrogens (tertiary/aromatic N) is 2. The molecule has 1 aromatic rings. The molecule has 3 rings (SSSR count). The molecule has 0 aliphatic carbocycles.